The predicted octanol–water partition coefficient (Wildman–Crippen LogP) is -3.50. The van der Waals surface area contributed by atoms with Crippen molar-refractivity contribution in [1.29, 1.82) is 0 Å². The first-order valence-corrected chi connectivity index (χ1v) is 4.65. The molecular formula is C8H16N2O5. The Morgan fingerprint density at radius 1 is 1.33 bits per heavy atom. The van der Waals surface area contributed by atoms with Gasteiger partial charge in [-0.15, -0.1) is 0 Å². The van der Waals surface area contributed by atoms with Gasteiger partial charge in [0.25, 0.3) is 0 Å². The molecule has 0 bridgehead atoms. The van der Waals surface area contributed by atoms with E-state index >= 15 is 0 Å². The standard InChI is InChI=1S/C8H16N2O5/c1-3(12)9-5-7(14)6(13)4(2-11)10-8(5)15/h4-8,10-11,13-15H,2H2,1H3,(H,9,12)/t4-,5-,6-,7-,8?/m1/s1. The Kier molecular flexibility index (Phi) is 4.00. The van der Waals surface area contributed by atoms with Crippen LogP contribution in [0.2, 0.25) is 0 Å². The summed E-state index contributed by atoms with van der Waals surface area (Å²) in [6.07, 6.45) is -3.76. The van der Waals surface area contributed by atoms with E-state index in [-0.39, 0.29) is 0 Å². The number of hydrogen-bond donors (Lipinski definition) is 6. The molecule has 1 fully saturated rings. The van der Waals surface area contributed by atoms with E-state index in [9.17, 15) is 20.1 Å². The molecule has 0 aromatic heterocycles. The lowest BCUT2D eigenvalue weighted by Crippen LogP contribution is -2.69. The van der Waals surface area contributed by atoms with Crippen LogP contribution in [0.4, 0.5) is 0 Å². The van der Waals surface area contributed by atoms with Gasteiger partial charge in [-0.05, 0) is 0 Å². The van der Waals surface area contributed by atoms with E-state index in [4.69, 9.17) is 5.11 Å². The van der Waals surface area contributed by atoms with Gasteiger partial charge in [0.1, 0.15) is 12.3 Å². The highest BCUT2D eigenvalue weighted by atomic mass is 16.3. The van der Waals surface area contributed by atoms with E-state index in [0.717, 1.165) is 0 Å². The molecule has 0 aromatic rings. The number of carbonyl (C=O) groups is 1. The maximum Gasteiger partial charge on any atom is 0.217 e. The lowest BCUT2D eigenvalue weighted by molar-refractivity contribution is -0.132. The van der Waals surface area contributed by atoms with E-state index in [1.807, 2.05) is 0 Å². The molecule has 0 saturated carbocycles. The van der Waals surface area contributed by atoms with E-state index in [1.165, 1.54) is 6.92 Å². The molecule has 1 heterocycles. The van der Waals surface area contributed by atoms with Crippen molar-refractivity contribution in [3.8, 4) is 0 Å². The number of rotatable bonds is 2. The Hall–Kier alpha value is -0.730. The van der Waals surface area contributed by atoms with E-state index < -0.39 is 43.0 Å². The summed E-state index contributed by atoms with van der Waals surface area (Å²) in [7, 11) is 0. The number of nitrogens with one attached hydrogen (secondary N) is 2. The lowest BCUT2D eigenvalue weighted by Gasteiger charge is -2.41. The van der Waals surface area contributed by atoms with Gasteiger partial charge >= 0.3 is 0 Å². The van der Waals surface area contributed by atoms with Crippen molar-refractivity contribution in [2.75, 3.05) is 6.61 Å². The summed E-state index contributed by atoms with van der Waals surface area (Å²) in [6.45, 7) is 0.825. The van der Waals surface area contributed by atoms with Crippen LogP contribution < -0.4 is 10.6 Å². The molecule has 15 heavy (non-hydrogen) atoms. The minimum absolute atomic E-state index is 0.415. The zero-order valence-corrected chi connectivity index (χ0v) is 8.29. The molecule has 0 aliphatic carbocycles. The summed E-state index contributed by atoms with van der Waals surface area (Å²) in [4.78, 5) is 10.8. The molecule has 5 atom stereocenters. The molecule has 1 saturated heterocycles. The first kappa shape index (κ1) is 12.3. The van der Waals surface area contributed by atoms with Crippen LogP contribution in [0.3, 0.4) is 0 Å². The Labute approximate surface area is 86.7 Å². The number of piperidine rings is 1. The smallest absolute Gasteiger partial charge is 0.217 e. The van der Waals surface area contributed by atoms with Crippen LogP contribution in [0, 0.1) is 0 Å². The van der Waals surface area contributed by atoms with Crippen molar-refractivity contribution in [2.24, 2.45) is 0 Å². The zero-order chi connectivity index (χ0) is 11.6. The van der Waals surface area contributed by atoms with E-state index in [1.54, 1.807) is 0 Å². The van der Waals surface area contributed by atoms with Crippen molar-refractivity contribution in [3.05, 3.63) is 0 Å². The highest BCUT2D eigenvalue weighted by Gasteiger charge is 2.42. The Bertz CT molecular complexity index is 237. The van der Waals surface area contributed by atoms with Crippen LogP contribution in [0.5, 0.6) is 0 Å². The molecule has 1 aliphatic heterocycles. The molecule has 0 aromatic carbocycles. The fourth-order valence-corrected chi connectivity index (χ4v) is 1.62. The summed E-state index contributed by atoms with van der Waals surface area (Å²) >= 11 is 0. The van der Waals surface area contributed by atoms with E-state index in [2.05, 4.69) is 10.6 Å². The van der Waals surface area contributed by atoms with Crippen molar-refractivity contribution in [3.63, 3.8) is 0 Å². The fraction of sp³-hybridized carbons (Fsp3) is 0.875. The predicted molar refractivity (Wildman–Crippen MR) is 49.6 cm³/mol. The van der Waals surface area contributed by atoms with Crippen molar-refractivity contribution < 1.29 is 25.2 Å². The summed E-state index contributed by atoms with van der Waals surface area (Å²) in [5.74, 6) is -0.422. The highest BCUT2D eigenvalue weighted by molar-refractivity contribution is 5.73. The third kappa shape index (κ3) is 2.64. The monoisotopic (exact) mass is 220 g/mol. The normalized spacial score (nSPS) is 41.3. The molecular weight excluding hydrogens is 204 g/mol. The van der Waals surface area contributed by atoms with Crippen LogP contribution in [0.25, 0.3) is 0 Å². The second-order valence-corrected chi connectivity index (χ2v) is 3.61. The van der Waals surface area contributed by atoms with Gasteiger partial charge in [0.05, 0.1) is 24.8 Å². The third-order valence-corrected chi connectivity index (χ3v) is 2.42. The van der Waals surface area contributed by atoms with Gasteiger partial charge in [-0.2, -0.15) is 0 Å². The second-order valence-electron chi connectivity index (χ2n) is 3.61. The summed E-state index contributed by atoms with van der Waals surface area (Å²) in [6, 6.07) is -1.79. The average molecular weight is 220 g/mol. The zero-order valence-electron chi connectivity index (χ0n) is 8.29. The summed E-state index contributed by atoms with van der Waals surface area (Å²) < 4.78 is 0. The minimum atomic E-state index is -1.32. The van der Waals surface area contributed by atoms with Crippen molar-refractivity contribution in [2.45, 2.75) is 37.4 Å². The van der Waals surface area contributed by atoms with Crippen molar-refractivity contribution in [1.82, 2.24) is 10.6 Å². The van der Waals surface area contributed by atoms with Gasteiger partial charge in [0.2, 0.25) is 5.91 Å². The van der Waals surface area contributed by atoms with Gasteiger partial charge in [-0.25, -0.2) is 0 Å². The van der Waals surface area contributed by atoms with E-state index in [0.29, 0.717) is 0 Å². The molecule has 7 heteroatoms. The van der Waals surface area contributed by atoms with Crippen LogP contribution in [0.1, 0.15) is 6.92 Å². The quantitative estimate of drug-likeness (QED) is 0.287. The topological polar surface area (TPSA) is 122 Å². The van der Waals surface area contributed by atoms with Gasteiger partial charge in [-0.1, -0.05) is 0 Å². The number of aliphatic hydroxyl groups excluding tert-OH is 4. The molecule has 1 aliphatic rings. The molecule has 1 unspecified atom stereocenters. The molecule has 0 spiro atoms. The second kappa shape index (κ2) is 4.86. The molecule has 1 amide bonds. The Morgan fingerprint density at radius 2 is 1.93 bits per heavy atom. The fourth-order valence-electron chi connectivity index (χ4n) is 1.62. The first-order chi connectivity index (χ1) is 6.97. The SMILES string of the molecule is CC(=O)N[C@H]1C(O)N[C@H](CO)[C@@H](O)[C@@H]1O. The van der Waals surface area contributed by atoms with Gasteiger partial charge < -0.3 is 25.7 Å². The van der Waals surface area contributed by atoms with Crippen LogP contribution >= 0.6 is 0 Å². The van der Waals surface area contributed by atoms with Crippen LogP contribution in [0.15, 0.2) is 0 Å². The molecule has 7 nitrogen and oxygen atoms in total. The number of amides is 1. The van der Waals surface area contributed by atoms with Gasteiger partial charge in [0, 0.05) is 6.92 Å². The average Bonchev–Trinajstić information content (AvgIpc) is 2.18. The van der Waals surface area contributed by atoms with Crippen LogP contribution in [-0.2, 0) is 4.79 Å². The van der Waals surface area contributed by atoms with Crippen molar-refractivity contribution >= 4 is 5.91 Å². The lowest BCUT2D eigenvalue weighted by atomic mass is 9.93. The number of hydrogen-bond acceptors (Lipinski definition) is 6. The molecule has 6 N–H and O–H groups in total. The largest absolute Gasteiger partial charge is 0.395 e. The minimum Gasteiger partial charge on any atom is -0.395 e. The maximum atomic E-state index is 10.8. The highest BCUT2D eigenvalue weighted by Crippen LogP contribution is 2.14. The summed E-state index contributed by atoms with van der Waals surface area (Å²) in [5, 5.41) is 42.2. The first-order valence-electron chi connectivity index (χ1n) is 4.65. The van der Waals surface area contributed by atoms with Gasteiger partial charge in [0.15, 0.2) is 0 Å². The molecule has 88 valence electrons. The number of aliphatic hydroxyl groups is 4. The Balaban J connectivity index is 2.70. The van der Waals surface area contributed by atoms with Crippen LogP contribution in [-0.4, -0.2) is 63.5 Å². The number of carbonyl (C=O) groups excluding carboxylic acids is 1. The Morgan fingerprint density at radius 3 is 2.40 bits per heavy atom. The summed E-state index contributed by atoms with van der Waals surface area (Å²) in [5.41, 5.74) is 0. The maximum absolute atomic E-state index is 10.8. The molecule has 1 rings (SSSR count). The molecule has 0 radical (unpaired) electrons. The third-order valence-electron chi connectivity index (χ3n) is 2.42. The van der Waals surface area contributed by atoms with Gasteiger partial charge in [-0.3, -0.25) is 10.1 Å².